The molecule has 0 spiro atoms. The third-order valence-corrected chi connectivity index (χ3v) is 3.82. The van der Waals surface area contributed by atoms with E-state index in [1.54, 1.807) is 19.0 Å². The molecule has 23 heavy (non-hydrogen) atoms. The Labute approximate surface area is 137 Å². The van der Waals surface area contributed by atoms with Crippen molar-refractivity contribution in [1.82, 2.24) is 15.1 Å². The summed E-state index contributed by atoms with van der Waals surface area (Å²) in [5, 5.41) is 12.9. The second-order valence-electron chi connectivity index (χ2n) is 5.96. The lowest BCUT2D eigenvalue weighted by Gasteiger charge is -2.21. The van der Waals surface area contributed by atoms with Gasteiger partial charge < -0.3 is 20.2 Å². The van der Waals surface area contributed by atoms with Crippen molar-refractivity contribution in [2.75, 3.05) is 33.7 Å². The third kappa shape index (κ3) is 4.69. The molecule has 0 aromatic heterocycles. The minimum Gasteiger partial charge on any atom is -0.391 e. The van der Waals surface area contributed by atoms with E-state index in [0.717, 1.165) is 31.0 Å². The maximum Gasteiger partial charge on any atom is 0.253 e. The molecule has 126 valence electrons. The minimum atomic E-state index is -0.268. The van der Waals surface area contributed by atoms with Crippen molar-refractivity contribution in [2.24, 2.45) is 4.99 Å². The summed E-state index contributed by atoms with van der Waals surface area (Å²) in [7, 11) is 3.49. The molecule has 2 rings (SSSR count). The number of aliphatic imine (C=N–C) groups is 1. The second-order valence-corrected chi connectivity index (χ2v) is 5.96. The number of nitrogens with one attached hydrogen (secondary N) is 1. The molecule has 1 fully saturated rings. The fourth-order valence-electron chi connectivity index (χ4n) is 2.54. The Hall–Kier alpha value is -2.08. The van der Waals surface area contributed by atoms with Crippen LogP contribution in [-0.2, 0) is 6.54 Å². The number of benzene rings is 1. The van der Waals surface area contributed by atoms with E-state index in [-0.39, 0.29) is 12.0 Å². The summed E-state index contributed by atoms with van der Waals surface area (Å²) in [5.74, 6) is 0.830. The van der Waals surface area contributed by atoms with Gasteiger partial charge in [0.05, 0.1) is 12.6 Å². The Morgan fingerprint density at radius 3 is 2.61 bits per heavy atom. The number of guanidine groups is 1. The lowest BCUT2D eigenvalue weighted by Crippen LogP contribution is -2.40. The Kier molecular flexibility index (Phi) is 5.98. The monoisotopic (exact) mass is 318 g/mol. The van der Waals surface area contributed by atoms with Crippen LogP contribution in [0.4, 0.5) is 0 Å². The fourth-order valence-corrected chi connectivity index (χ4v) is 2.54. The summed E-state index contributed by atoms with van der Waals surface area (Å²) < 4.78 is 0. The van der Waals surface area contributed by atoms with Crippen LogP contribution < -0.4 is 5.32 Å². The molecule has 1 atom stereocenters. The standard InChI is InChI=1S/C17H26N4O2/c1-4-18-17(21-10-9-15(22)12-21)19-11-13-5-7-14(8-6-13)16(23)20(2)3/h5-8,15,22H,4,9-12H2,1-3H3,(H,18,19)/t15-/m1/s1. The van der Waals surface area contributed by atoms with Gasteiger partial charge >= 0.3 is 0 Å². The number of carbonyl (C=O) groups is 1. The van der Waals surface area contributed by atoms with Gasteiger partial charge in [-0.1, -0.05) is 12.1 Å². The van der Waals surface area contributed by atoms with E-state index in [1.165, 1.54) is 0 Å². The van der Waals surface area contributed by atoms with Gasteiger partial charge in [-0.3, -0.25) is 4.79 Å². The first-order valence-electron chi connectivity index (χ1n) is 8.03. The van der Waals surface area contributed by atoms with Crippen molar-refractivity contribution >= 4 is 11.9 Å². The lowest BCUT2D eigenvalue weighted by molar-refractivity contribution is 0.0827. The van der Waals surface area contributed by atoms with E-state index >= 15 is 0 Å². The Morgan fingerprint density at radius 2 is 2.09 bits per heavy atom. The topological polar surface area (TPSA) is 68.2 Å². The number of likely N-dealkylation sites (tertiary alicyclic amines) is 1. The van der Waals surface area contributed by atoms with Crippen LogP contribution in [0.3, 0.4) is 0 Å². The molecule has 1 heterocycles. The zero-order chi connectivity index (χ0) is 16.8. The van der Waals surface area contributed by atoms with Gasteiger partial charge in [0.25, 0.3) is 5.91 Å². The van der Waals surface area contributed by atoms with Crippen molar-refractivity contribution in [2.45, 2.75) is 26.0 Å². The molecule has 1 aromatic rings. The van der Waals surface area contributed by atoms with Gasteiger partial charge in [0.2, 0.25) is 0 Å². The van der Waals surface area contributed by atoms with E-state index in [2.05, 4.69) is 15.2 Å². The molecule has 0 radical (unpaired) electrons. The SMILES string of the molecule is CCNC(=NCc1ccc(C(=O)N(C)C)cc1)N1CC[C@@H](O)C1. The van der Waals surface area contributed by atoms with Crippen molar-refractivity contribution in [3.05, 3.63) is 35.4 Å². The van der Waals surface area contributed by atoms with Gasteiger partial charge in [0.15, 0.2) is 5.96 Å². The number of aliphatic hydroxyl groups is 1. The highest BCUT2D eigenvalue weighted by Crippen LogP contribution is 2.11. The first-order chi connectivity index (χ1) is 11.0. The number of amides is 1. The average Bonchev–Trinajstić information content (AvgIpc) is 2.97. The smallest absolute Gasteiger partial charge is 0.253 e. The highest BCUT2D eigenvalue weighted by Gasteiger charge is 2.22. The molecule has 0 bridgehead atoms. The Balaban J connectivity index is 2.03. The van der Waals surface area contributed by atoms with Crippen molar-refractivity contribution in [3.8, 4) is 0 Å². The Morgan fingerprint density at radius 1 is 1.39 bits per heavy atom. The number of β-amino-alcohol motifs (C(OH)–C–C–N with tert-alkyl or cyclic N) is 1. The highest BCUT2D eigenvalue weighted by molar-refractivity contribution is 5.93. The quantitative estimate of drug-likeness (QED) is 0.640. The summed E-state index contributed by atoms with van der Waals surface area (Å²) in [6.07, 6.45) is 0.515. The maximum atomic E-state index is 11.9. The zero-order valence-corrected chi connectivity index (χ0v) is 14.1. The zero-order valence-electron chi connectivity index (χ0n) is 14.1. The number of rotatable bonds is 4. The number of hydrogen-bond acceptors (Lipinski definition) is 3. The molecule has 2 N–H and O–H groups in total. The summed E-state index contributed by atoms with van der Waals surface area (Å²) in [6, 6.07) is 7.53. The Bertz CT molecular complexity index is 554. The van der Waals surface area contributed by atoms with Crippen molar-refractivity contribution in [3.63, 3.8) is 0 Å². The van der Waals surface area contributed by atoms with Crippen molar-refractivity contribution in [1.29, 1.82) is 0 Å². The van der Waals surface area contributed by atoms with Gasteiger partial charge in [-0.25, -0.2) is 4.99 Å². The van der Waals surface area contributed by atoms with Gasteiger partial charge in [0.1, 0.15) is 0 Å². The van der Waals surface area contributed by atoms with Crippen LogP contribution in [-0.4, -0.2) is 66.6 Å². The van der Waals surface area contributed by atoms with E-state index in [0.29, 0.717) is 18.7 Å². The van der Waals surface area contributed by atoms with Crippen LogP contribution in [0, 0.1) is 0 Å². The first-order valence-corrected chi connectivity index (χ1v) is 8.03. The van der Waals surface area contributed by atoms with Gasteiger partial charge in [-0.05, 0) is 31.0 Å². The van der Waals surface area contributed by atoms with Crippen LogP contribution in [0.2, 0.25) is 0 Å². The summed E-state index contributed by atoms with van der Waals surface area (Å²) in [6.45, 7) is 4.82. The fraction of sp³-hybridized carbons (Fsp3) is 0.529. The molecule has 0 unspecified atom stereocenters. The minimum absolute atomic E-state index is 0.000515. The molecule has 1 saturated heterocycles. The third-order valence-electron chi connectivity index (χ3n) is 3.82. The number of nitrogens with zero attached hydrogens (tertiary/aromatic N) is 3. The summed E-state index contributed by atoms with van der Waals surface area (Å²) in [5.41, 5.74) is 1.73. The molecule has 0 aliphatic carbocycles. The van der Waals surface area contributed by atoms with Crippen LogP contribution in [0.25, 0.3) is 0 Å². The second kappa shape index (κ2) is 7.97. The van der Waals surface area contributed by atoms with Crippen LogP contribution in [0.5, 0.6) is 0 Å². The molecular formula is C17H26N4O2. The number of hydrogen-bond donors (Lipinski definition) is 2. The molecule has 1 aromatic carbocycles. The van der Waals surface area contributed by atoms with Crippen molar-refractivity contribution < 1.29 is 9.90 Å². The molecule has 0 saturated carbocycles. The largest absolute Gasteiger partial charge is 0.391 e. The average molecular weight is 318 g/mol. The predicted octanol–water partition coefficient (Wildman–Crippen LogP) is 0.920. The van der Waals surface area contributed by atoms with Gasteiger partial charge in [-0.15, -0.1) is 0 Å². The molecule has 6 heteroatoms. The molecule has 6 nitrogen and oxygen atoms in total. The predicted molar refractivity (Wildman–Crippen MR) is 91.5 cm³/mol. The highest BCUT2D eigenvalue weighted by atomic mass is 16.3. The molecular weight excluding hydrogens is 292 g/mol. The van der Waals surface area contributed by atoms with Gasteiger partial charge in [0, 0.05) is 39.3 Å². The number of carbonyl (C=O) groups excluding carboxylic acids is 1. The van der Waals surface area contributed by atoms with Gasteiger partial charge in [-0.2, -0.15) is 0 Å². The summed E-state index contributed by atoms with van der Waals surface area (Å²) >= 11 is 0. The summed E-state index contributed by atoms with van der Waals surface area (Å²) in [4.78, 5) is 20.2. The molecule has 1 amide bonds. The number of aliphatic hydroxyl groups excluding tert-OH is 1. The van der Waals surface area contributed by atoms with E-state index in [1.807, 2.05) is 31.2 Å². The van der Waals surface area contributed by atoms with Crippen LogP contribution >= 0.6 is 0 Å². The van der Waals surface area contributed by atoms with E-state index in [9.17, 15) is 9.90 Å². The molecule has 1 aliphatic heterocycles. The molecule has 1 aliphatic rings. The van der Waals surface area contributed by atoms with E-state index < -0.39 is 0 Å². The first kappa shape index (κ1) is 17.3. The van der Waals surface area contributed by atoms with Crippen LogP contribution in [0.15, 0.2) is 29.3 Å². The maximum absolute atomic E-state index is 11.9. The van der Waals surface area contributed by atoms with E-state index in [4.69, 9.17) is 0 Å². The normalized spacial score (nSPS) is 18.2. The lowest BCUT2D eigenvalue weighted by atomic mass is 10.1. The van der Waals surface area contributed by atoms with Crippen LogP contribution in [0.1, 0.15) is 29.3 Å².